The Morgan fingerprint density at radius 1 is 1.37 bits per heavy atom. The smallest absolute Gasteiger partial charge is 0.111 e. The van der Waals surface area contributed by atoms with Crippen molar-refractivity contribution >= 4 is 22.6 Å². The Morgan fingerprint density at radius 2 is 2.11 bits per heavy atom. The molecule has 2 rings (SSSR count). The van der Waals surface area contributed by atoms with Crippen molar-refractivity contribution in [2.24, 2.45) is 0 Å². The molecule has 0 bridgehead atoms. The van der Waals surface area contributed by atoms with Crippen LogP contribution in [-0.4, -0.2) is 28.1 Å². The molecule has 1 heterocycles. The van der Waals surface area contributed by atoms with Crippen LogP contribution < -0.4 is 0 Å². The van der Waals surface area contributed by atoms with E-state index < -0.39 is 0 Å². The molecule has 0 fully saturated rings. The van der Waals surface area contributed by atoms with Crippen LogP contribution in [0.3, 0.4) is 0 Å². The molecule has 0 N–H and O–H groups in total. The minimum absolute atomic E-state index is 0.224. The van der Waals surface area contributed by atoms with Crippen molar-refractivity contribution in [1.82, 2.24) is 9.55 Å². The average Bonchev–Trinajstić information content (AvgIpc) is 2.70. The van der Waals surface area contributed by atoms with E-state index in [1.54, 1.807) is 7.11 Å². The number of imidazole rings is 1. The Balaban J connectivity index is 2.55. The van der Waals surface area contributed by atoms with Crippen LogP contribution in [0.15, 0.2) is 18.2 Å². The lowest BCUT2D eigenvalue weighted by Crippen LogP contribution is -2.29. The summed E-state index contributed by atoms with van der Waals surface area (Å²) in [6.07, 6.45) is 0.773. The molecule has 4 heteroatoms. The van der Waals surface area contributed by atoms with Crippen molar-refractivity contribution < 1.29 is 4.74 Å². The van der Waals surface area contributed by atoms with Gasteiger partial charge in [-0.25, -0.2) is 4.98 Å². The van der Waals surface area contributed by atoms with Crippen LogP contribution in [0.4, 0.5) is 0 Å². The first kappa shape index (κ1) is 14.4. The molecule has 0 saturated carbocycles. The number of rotatable bonds is 5. The van der Waals surface area contributed by atoms with E-state index in [1.165, 1.54) is 5.56 Å². The number of hydrogen-bond acceptors (Lipinski definition) is 2. The first-order valence-electron chi connectivity index (χ1n) is 6.54. The summed E-state index contributed by atoms with van der Waals surface area (Å²) in [5.74, 6) is 1.61. The van der Waals surface area contributed by atoms with Gasteiger partial charge in [0.2, 0.25) is 0 Å². The molecule has 2 aromatic rings. The maximum absolute atomic E-state index is 5.90. The first-order chi connectivity index (χ1) is 8.98. The monoisotopic (exact) mass is 280 g/mol. The molecule has 0 aliphatic carbocycles. The summed E-state index contributed by atoms with van der Waals surface area (Å²) < 4.78 is 7.77. The van der Waals surface area contributed by atoms with Crippen LogP contribution in [0, 0.1) is 6.92 Å². The highest BCUT2D eigenvalue weighted by atomic mass is 35.5. The fraction of sp³-hybridized carbons (Fsp3) is 0.533. The summed E-state index contributed by atoms with van der Waals surface area (Å²) in [6.45, 7) is 7.03. The zero-order valence-electron chi connectivity index (χ0n) is 12.0. The summed E-state index contributed by atoms with van der Waals surface area (Å²) in [5.41, 5.74) is 3.19. The van der Waals surface area contributed by atoms with Crippen LogP contribution in [-0.2, 0) is 17.7 Å². The molecule has 0 saturated heterocycles. The predicted molar refractivity (Wildman–Crippen MR) is 80.0 cm³/mol. The number of benzene rings is 1. The minimum Gasteiger partial charge on any atom is -0.377 e. The quantitative estimate of drug-likeness (QED) is 0.783. The van der Waals surface area contributed by atoms with Gasteiger partial charge in [0.05, 0.1) is 23.2 Å². The number of alkyl halides is 1. The molecule has 0 spiro atoms. The number of nitrogens with zero attached hydrogens (tertiary/aromatic N) is 2. The highest BCUT2D eigenvalue weighted by molar-refractivity contribution is 6.17. The highest BCUT2D eigenvalue weighted by Crippen LogP contribution is 2.23. The van der Waals surface area contributed by atoms with Crippen LogP contribution in [0.1, 0.15) is 25.2 Å². The SMILES string of the molecule is COC(C)(C)Cn1c(CCCl)nc2c(C)cccc21. The van der Waals surface area contributed by atoms with Crippen molar-refractivity contribution in [3.8, 4) is 0 Å². The molecule has 3 nitrogen and oxygen atoms in total. The third-order valence-electron chi connectivity index (χ3n) is 3.47. The van der Waals surface area contributed by atoms with Gasteiger partial charge in [-0.05, 0) is 32.4 Å². The summed E-state index contributed by atoms with van der Waals surface area (Å²) in [5, 5.41) is 0. The summed E-state index contributed by atoms with van der Waals surface area (Å²) in [7, 11) is 1.74. The number of aromatic nitrogens is 2. The zero-order valence-corrected chi connectivity index (χ0v) is 12.8. The predicted octanol–water partition coefficient (Wildman–Crippen LogP) is 3.55. The second-order valence-corrected chi connectivity index (χ2v) is 5.84. The second-order valence-electron chi connectivity index (χ2n) is 5.46. The van der Waals surface area contributed by atoms with Crippen molar-refractivity contribution in [3.63, 3.8) is 0 Å². The van der Waals surface area contributed by atoms with Crippen LogP contribution >= 0.6 is 11.6 Å². The largest absolute Gasteiger partial charge is 0.377 e. The van der Waals surface area contributed by atoms with Gasteiger partial charge in [0.25, 0.3) is 0 Å². The molecular formula is C15H21ClN2O. The van der Waals surface area contributed by atoms with Crippen LogP contribution in [0.5, 0.6) is 0 Å². The van der Waals surface area contributed by atoms with Gasteiger partial charge < -0.3 is 9.30 Å². The van der Waals surface area contributed by atoms with Crippen molar-refractivity contribution in [1.29, 1.82) is 0 Å². The van der Waals surface area contributed by atoms with Crippen molar-refractivity contribution in [3.05, 3.63) is 29.6 Å². The molecule has 1 aromatic heterocycles. The number of halogens is 1. The fourth-order valence-corrected chi connectivity index (χ4v) is 2.40. The number of aryl methyl sites for hydroxylation is 2. The minimum atomic E-state index is -0.224. The standard InChI is InChI=1S/C15H21ClN2O/c1-11-6-5-7-12-14(11)17-13(8-9-16)18(12)10-15(2,3)19-4/h5-7H,8-10H2,1-4H3. The number of para-hydroxylation sites is 1. The molecule has 0 aliphatic rings. The van der Waals surface area contributed by atoms with E-state index in [9.17, 15) is 0 Å². The number of methoxy groups -OCH3 is 1. The molecule has 0 aliphatic heterocycles. The Hall–Kier alpha value is -1.06. The summed E-state index contributed by atoms with van der Waals surface area (Å²) >= 11 is 5.90. The average molecular weight is 281 g/mol. The van der Waals surface area contributed by atoms with Crippen molar-refractivity contribution in [2.75, 3.05) is 13.0 Å². The van der Waals surface area contributed by atoms with Gasteiger partial charge in [0.15, 0.2) is 0 Å². The molecule has 104 valence electrons. The number of fused-ring (bicyclic) bond motifs is 1. The lowest BCUT2D eigenvalue weighted by Gasteiger charge is -2.24. The van der Waals surface area contributed by atoms with Crippen LogP contribution in [0.25, 0.3) is 11.0 Å². The third kappa shape index (κ3) is 2.93. The molecule has 19 heavy (non-hydrogen) atoms. The van der Waals surface area contributed by atoms with Gasteiger partial charge in [0, 0.05) is 19.4 Å². The summed E-state index contributed by atoms with van der Waals surface area (Å²) in [4.78, 5) is 4.74. The van der Waals surface area contributed by atoms with Crippen LogP contribution in [0.2, 0.25) is 0 Å². The number of ether oxygens (including phenoxy) is 1. The zero-order chi connectivity index (χ0) is 14.0. The molecule has 0 unspecified atom stereocenters. The van der Waals surface area contributed by atoms with E-state index in [4.69, 9.17) is 21.3 Å². The Morgan fingerprint density at radius 3 is 2.74 bits per heavy atom. The van der Waals surface area contributed by atoms with Crippen molar-refractivity contribution in [2.45, 2.75) is 39.3 Å². The van der Waals surface area contributed by atoms with Gasteiger partial charge in [-0.1, -0.05) is 12.1 Å². The third-order valence-corrected chi connectivity index (χ3v) is 3.66. The lowest BCUT2D eigenvalue weighted by molar-refractivity contribution is 0.00846. The normalized spacial score (nSPS) is 12.3. The molecule has 0 atom stereocenters. The highest BCUT2D eigenvalue weighted by Gasteiger charge is 2.21. The Kier molecular flexibility index (Phi) is 4.16. The topological polar surface area (TPSA) is 27.1 Å². The van der Waals surface area contributed by atoms with E-state index in [0.717, 1.165) is 29.8 Å². The van der Waals surface area contributed by atoms with E-state index in [-0.39, 0.29) is 5.60 Å². The fourth-order valence-electron chi connectivity index (χ4n) is 2.23. The van der Waals surface area contributed by atoms with Gasteiger partial charge in [-0.2, -0.15) is 0 Å². The lowest BCUT2D eigenvalue weighted by atomic mass is 10.1. The molecule has 0 radical (unpaired) electrons. The van der Waals surface area contributed by atoms with Gasteiger partial charge >= 0.3 is 0 Å². The molecular weight excluding hydrogens is 260 g/mol. The Labute approximate surface area is 119 Å². The van der Waals surface area contributed by atoms with E-state index >= 15 is 0 Å². The summed E-state index contributed by atoms with van der Waals surface area (Å²) in [6, 6.07) is 6.27. The number of hydrogen-bond donors (Lipinski definition) is 0. The molecule has 1 aromatic carbocycles. The molecule has 0 amide bonds. The van der Waals surface area contributed by atoms with Gasteiger partial charge in [-0.3, -0.25) is 0 Å². The maximum Gasteiger partial charge on any atom is 0.111 e. The van der Waals surface area contributed by atoms with E-state index in [2.05, 4.69) is 43.5 Å². The first-order valence-corrected chi connectivity index (χ1v) is 7.08. The van der Waals surface area contributed by atoms with E-state index in [0.29, 0.717) is 5.88 Å². The van der Waals surface area contributed by atoms with Gasteiger partial charge in [0.1, 0.15) is 5.82 Å². The second kappa shape index (κ2) is 5.51. The maximum atomic E-state index is 5.90. The van der Waals surface area contributed by atoms with Gasteiger partial charge in [-0.15, -0.1) is 11.6 Å². The Bertz CT molecular complexity index is 575. The van der Waals surface area contributed by atoms with E-state index in [1.807, 2.05) is 0 Å².